The van der Waals surface area contributed by atoms with Crippen molar-refractivity contribution in [1.82, 2.24) is 10.2 Å². The molecule has 6 nitrogen and oxygen atoms in total. The Bertz CT molecular complexity index is 991. The molecule has 7 heteroatoms. The Hall–Kier alpha value is -2.90. The van der Waals surface area contributed by atoms with Crippen molar-refractivity contribution < 1.29 is 14.0 Å². The molecular formula is C23H27N3O3S. The van der Waals surface area contributed by atoms with Crippen molar-refractivity contribution in [2.45, 2.75) is 26.3 Å². The van der Waals surface area contributed by atoms with Crippen molar-refractivity contribution in [2.75, 3.05) is 26.0 Å². The molecule has 3 rings (SSSR count). The number of likely N-dealkylation sites (N-methyl/N-ethyl adjacent to an activating group) is 1. The zero-order valence-corrected chi connectivity index (χ0v) is 18.5. The van der Waals surface area contributed by atoms with Crippen LogP contribution in [0.4, 0.5) is 5.00 Å². The standard InChI is InChI=1S/C23H27N3O3S/c1-5-16-8-10-17(11-9-16)18(26(3)4)14-24-23(28)21-15(2)13-20(30-21)25-22(27)19-7-6-12-29-19/h6-13,18H,5,14H2,1-4H3,(H,24,28)(H,25,27). The Labute approximate surface area is 180 Å². The highest BCUT2D eigenvalue weighted by atomic mass is 32.1. The summed E-state index contributed by atoms with van der Waals surface area (Å²) < 4.78 is 5.10. The second-order valence-corrected chi connectivity index (χ2v) is 8.39. The minimum absolute atomic E-state index is 0.0678. The molecule has 2 N–H and O–H groups in total. The van der Waals surface area contributed by atoms with Crippen molar-refractivity contribution in [3.05, 3.63) is 76.1 Å². The van der Waals surface area contributed by atoms with E-state index in [2.05, 4.69) is 46.7 Å². The van der Waals surface area contributed by atoms with Crippen LogP contribution in [0.3, 0.4) is 0 Å². The Morgan fingerprint density at radius 1 is 1.13 bits per heavy atom. The average Bonchev–Trinajstić information content (AvgIpc) is 3.38. The number of hydrogen-bond acceptors (Lipinski definition) is 5. The summed E-state index contributed by atoms with van der Waals surface area (Å²) in [5.74, 6) is -0.251. The molecule has 2 amide bonds. The lowest BCUT2D eigenvalue weighted by molar-refractivity contribution is 0.0944. The average molecular weight is 426 g/mol. The maximum atomic E-state index is 12.8. The van der Waals surface area contributed by atoms with E-state index in [0.717, 1.165) is 17.5 Å². The first kappa shape index (κ1) is 21.8. The molecule has 0 bridgehead atoms. The Kier molecular flexibility index (Phi) is 7.07. The van der Waals surface area contributed by atoms with Gasteiger partial charge in [-0.1, -0.05) is 31.2 Å². The third-order valence-corrected chi connectivity index (χ3v) is 6.11. The highest BCUT2D eigenvalue weighted by Crippen LogP contribution is 2.27. The summed E-state index contributed by atoms with van der Waals surface area (Å²) in [5, 5.41) is 6.43. The lowest BCUT2D eigenvalue weighted by atomic mass is 10.0. The number of benzene rings is 1. The van der Waals surface area contributed by atoms with E-state index >= 15 is 0 Å². The Balaban J connectivity index is 1.65. The van der Waals surface area contributed by atoms with Gasteiger partial charge in [0.25, 0.3) is 11.8 Å². The van der Waals surface area contributed by atoms with E-state index in [1.54, 1.807) is 18.2 Å². The van der Waals surface area contributed by atoms with Crippen LogP contribution in [0.2, 0.25) is 0 Å². The molecule has 1 aromatic carbocycles. The van der Waals surface area contributed by atoms with E-state index in [1.807, 2.05) is 21.0 Å². The van der Waals surface area contributed by atoms with Gasteiger partial charge in [0.1, 0.15) is 0 Å². The molecule has 0 spiro atoms. The van der Waals surface area contributed by atoms with Crippen LogP contribution in [-0.2, 0) is 6.42 Å². The van der Waals surface area contributed by atoms with Gasteiger partial charge in [0.05, 0.1) is 22.2 Å². The highest BCUT2D eigenvalue weighted by Gasteiger charge is 2.19. The number of rotatable bonds is 8. The maximum absolute atomic E-state index is 12.8. The maximum Gasteiger partial charge on any atom is 0.291 e. The van der Waals surface area contributed by atoms with Gasteiger partial charge in [-0.2, -0.15) is 0 Å². The van der Waals surface area contributed by atoms with Gasteiger partial charge in [0, 0.05) is 6.54 Å². The normalized spacial score (nSPS) is 12.0. The molecule has 0 aliphatic heterocycles. The first-order valence-electron chi connectivity index (χ1n) is 9.87. The Morgan fingerprint density at radius 3 is 2.47 bits per heavy atom. The number of thiophene rings is 1. The molecule has 0 saturated carbocycles. The van der Waals surface area contributed by atoms with Gasteiger partial charge in [-0.05, 0) is 62.3 Å². The number of hydrogen-bond donors (Lipinski definition) is 2. The summed E-state index contributed by atoms with van der Waals surface area (Å²) in [5.41, 5.74) is 3.27. The summed E-state index contributed by atoms with van der Waals surface area (Å²) in [6.07, 6.45) is 2.45. The quantitative estimate of drug-likeness (QED) is 0.557. The summed E-state index contributed by atoms with van der Waals surface area (Å²) in [7, 11) is 4.01. The predicted molar refractivity (Wildman–Crippen MR) is 120 cm³/mol. The monoisotopic (exact) mass is 425 g/mol. The topological polar surface area (TPSA) is 74.6 Å². The van der Waals surface area contributed by atoms with E-state index in [9.17, 15) is 9.59 Å². The van der Waals surface area contributed by atoms with Gasteiger partial charge >= 0.3 is 0 Å². The van der Waals surface area contributed by atoms with Gasteiger partial charge in [0.15, 0.2) is 5.76 Å². The minimum Gasteiger partial charge on any atom is -0.459 e. The smallest absolute Gasteiger partial charge is 0.291 e. The van der Waals surface area contributed by atoms with Gasteiger partial charge in [0.2, 0.25) is 0 Å². The van der Waals surface area contributed by atoms with E-state index in [1.165, 1.54) is 23.2 Å². The second-order valence-electron chi connectivity index (χ2n) is 7.34. The highest BCUT2D eigenvalue weighted by molar-refractivity contribution is 7.18. The van der Waals surface area contributed by atoms with Crippen LogP contribution in [0.25, 0.3) is 0 Å². The molecule has 3 aromatic rings. The van der Waals surface area contributed by atoms with Crippen molar-refractivity contribution in [2.24, 2.45) is 0 Å². The number of furan rings is 1. The molecular weight excluding hydrogens is 398 g/mol. The van der Waals surface area contributed by atoms with Crippen LogP contribution in [0, 0.1) is 6.92 Å². The van der Waals surface area contributed by atoms with Crippen LogP contribution in [0.5, 0.6) is 0 Å². The van der Waals surface area contributed by atoms with Crippen LogP contribution < -0.4 is 10.6 Å². The van der Waals surface area contributed by atoms with Crippen LogP contribution >= 0.6 is 11.3 Å². The van der Waals surface area contributed by atoms with Crippen molar-refractivity contribution in [3.8, 4) is 0 Å². The molecule has 0 fully saturated rings. The zero-order valence-electron chi connectivity index (χ0n) is 17.7. The largest absolute Gasteiger partial charge is 0.459 e. The van der Waals surface area contributed by atoms with E-state index in [0.29, 0.717) is 16.4 Å². The predicted octanol–water partition coefficient (Wildman–Crippen LogP) is 4.50. The summed E-state index contributed by atoms with van der Waals surface area (Å²) in [4.78, 5) is 27.6. The fraction of sp³-hybridized carbons (Fsp3) is 0.304. The van der Waals surface area contributed by atoms with Gasteiger partial charge < -0.3 is 20.0 Å². The molecule has 2 aromatic heterocycles. The molecule has 30 heavy (non-hydrogen) atoms. The van der Waals surface area contributed by atoms with E-state index in [-0.39, 0.29) is 23.6 Å². The van der Waals surface area contributed by atoms with Gasteiger partial charge in [-0.15, -0.1) is 11.3 Å². The fourth-order valence-electron chi connectivity index (χ4n) is 3.19. The van der Waals surface area contributed by atoms with Crippen LogP contribution in [-0.4, -0.2) is 37.4 Å². The molecule has 2 heterocycles. The summed E-state index contributed by atoms with van der Waals surface area (Å²) >= 11 is 1.25. The zero-order chi connectivity index (χ0) is 21.7. The van der Waals surface area contributed by atoms with Crippen molar-refractivity contribution >= 4 is 28.2 Å². The number of aryl methyl sites for hydroxylation is 2. The molecule has 158 valence electrons. The first-order chi connectivity index (χ1) is 14.4. The fourth-order valence-corrected chi connectivity index (χ4v) is 4.18. The third kappa shape index (κ3) is 5.17. The lowest BCUT2D eigenvalue weighted by Gasteiger charge is -2.25. The second kappa shape index (κ2) is 9.73. The summed E-state index contributed by atoms with van der Waals surface area (Å²) in [6, 6.07) is 13.6. The van der Waals surface area contributed by atoms with Crippen molar-refractivity contribution in [3.63, 3.8) is 0 Å². The molecule has 0 aliphatic rings. The first-order valence-corrected chi connectivity index (χ1v) is 10.7. The third-order valence-electron chi connectivity index (χ3n) is 4.96. The summed E-state index contributed by atoms with van der Waals surface area (Å²) in [6.45, 7) is 4.48. The van der Waals surface area contributed by atoms with E-state index < -0.39 is 0 Å². The molecule has 0 saturated heterocycles. The number of amides is 2. The SMILES string of the molecule is CCc1ccc(C(CNC(=O)c2sc(NC(=O)c3ccco3)cc2C)N(C)C)cc1. The number of anilines is 1. The van der Waals surface area contributed by atoms with E-state index in [4.69, 9.17) is 4.42 Å². The number of carbonyl (C=O) groups is 2. The van der Waals surface area contributed by atoms with Crippen LogP contribution in [0.1, 0.15) is 49.9 Å². The minimum atomic E-state index is -0.337. The number of nitrogens with zero attached hydrogens (tertiary/aromatic N) is 1. The molecule has 0 radical (unpaired) electrons. The van der Waals surface area contributed by atoms with Crippen LogP contribution in [0.15, 0.2) is 53.1 Å². The molecule has 1 atom stereocenters. The van der Waals surface area contributed by atoms with Crippen molar-refractivity contribution in [1.29, 1.82) is 0 Å². The van der Waals surface area contributed by atoms with Gasteiger partial charge in [-0.25, -0.2) is 0 Å². The molecule has 1 unspecified atom stereocenters. The number of carbonyl (C=O) groups excluding carboxylic acids is 2. The van der Waals surface area contributed by atoms with Gasteiger partial charge in [-0.3, -0.25) is 9.59 Å². The number of nitrogens with one attached hydrogen (secondary N) is 2. The lowest BCUT2D eigenvalue weighted by Crippen LogP contribution is -2.34. The Morgan fingerprint density at radius 2 is 1.87 bits per heavy atom. The molecule has 0 aliphatic carbocycles.